The van der Waals surface area contributed by atoms with Gasteiger partial charge in [-0.25, -0.2) is 4.98 Å². The number of carbonyl (C=O) groups excluding carboxylic acids is 1. The number of rotatable bonds is 2. The van der Waals surface area contributed by atoms with Crippen molar-refractivity contribution in [2.45, 2.75) is 6.42 Å². The van der Waals surface area contributed by atoms with Gasteiger partial charge in [0, 0.05) is 19.5 Å². The second kappa shape index (κ2) is 3.55. The fourth-order valence-electron chi connectivity index (χ4n) is 1.53. The summed E-state index contributed by atoms with van der Waals surface area (Å²) < 4.78 is 0. The van der Waals surface area contributed by atoms with Crippen LogP contribution in [0.15, 0.2) is 0 Å². The molecule has 2 heterocycles. The van der Waals surface area contributed by atoms with Crippen molar-refractivity contribution < 1.29 is 9.90 Å². The van der Waals surface area contributed by atoms with Crippen molar-refractivity contribution in [1.29, 1.82) is 0 Å². The van der Waals surface area contributed by atoms with Crippen LogP contribution >= 0.6 is 11.3 Å². The van der Waals surface area contributed by atoms with Crippen molar-refractivity contribution in [2.75, 3.05) is 25.4 Å². The predicted octanol–water partition coefficient (Wildman–Crippen LogP) is -0.284. The van der Waals surface area contributed by atoms with Crippen LogP contribution in [0.5, 0.6) is 0 Å². The van der Waals surface area contributed by atoms with Gasteiger partial charge >= 0.3 is 0 Å². The second-order valence-corrected chi connectivity index (χ2v) is 4.12. The molecule has 0 fully saturated rings. The molecule has 0 radical (unpaired) electrons. The molecule has 0 saturated carbocycles. The maximum Gasteiger partial charge on any atom is 0.266 e. The lowest BCUT2D eigenvalue weighted by molar-refractivity contribution is 0.0710. The van der Waals surface area contributed by atoms with Crippen LogP contribution < -0.4 is 5.73 Å². The molecule has 0 aromatic carbocycles. The van der Waals surface area contributed by atoms with Crippen LogP contribution in [0.1, 0.15) is 15.4 Å². The zero-order valence-electron chi connectivity index (χ0n) is 7.56. The predicted molar refractivity (Wildman–Crippen MR) is 53.2 cm³/mol. The van der Waals surface area contributed by atoms with E-state index in [0.717, 1.165) is 12.1 Å². The quantitative estimate of drug-likeness (QED) is 0.708. The van der Waals surface area contributed by atoms with E-state index in [1.54, 1.807) is 4.90 Å². The van der Waals surface area contributed by atoms with E-state index in [0.29, 0.717) is 23.1 Å². The number of hydrogen-bond donors (Lipinski definition) is 2. The first-order valence-corrected chi connectivity index (χ1v) is 5.19. The molecule has 3 N–H and O–H groups in total. The third-order valence-electron chi connectivity index (χ3n) is 2.18. The van der Waals surface area contributed by atoms with Crippen LogP contribution in [-0.4, -0.2) is 40.6 Å². The molecule has 0 saturated heterocycles. The van der Waals surface area contributed by atoms with Crippen molar-refractivity contribution in [2.24, 2.45) is 0 Å². The van der Waals surface area contributed by atoms with E-state index in [1.165, 1.54) is 11.3 Å². The molecule has 2 rings (SSSR count). The Labute approximate surface area is 85.2 Å². The Balaban J connectivity index is 2.26. The van der Waals surface area contributed by atoms with E-state index in [2.05, 4.69) is 4.98 Å². The van der Waals surface area contributed by atoms with Gasteiger partial charge in [-0.05, 0) is 0 Å². The van der Waals surface area contributed by atoms with Crippen LogP contribution in [-0.2, 0) is 6.42 Å². The number of anilines is 1. The molecular weight excluding hydrogens is 202 g/mol. The van der Waals surface area contributed by atoms with E-state index in [1.807, 2.05) is 0 Å². The van der Waals surface area contributed by atoms with Gasteiger partial charge in [0.25, 0.3) is 5.91 Å². The van der Waals surface area contributed by atoms with E-state index in [4.69, 9.17) is 10.8 Å². The average molecular weight is 213 g/mol. The van der Waals surface area contributed by atoms with Gasteiger partial charge in [-0.1, -0.05) is 11.3 Å². The van der Waals surface area contributed by atoms with Crippen LogP contribution in [0.2, 0.25) is 0 Å². The van der Waals surface area contributed by atoms with Gasteiger partial charge in [-0.3, -0.25) is 4.79 Å². The Hall–Kier alpha value is -1.14. The Bertz CT molecular complexity index is 363. The van der Waals surface area contributed by atoms with Crippen LogP contribution in [0, 0.1) is 0 Å². The van der Waals surface area contributed by atoms with Gasteiger partial charge in [-0.2, -0.15) is 0 Å². The number of aromatic nitrogens is 1. The minimum absolute atomic E-state index is 0.00460. The molecular formula is C8H11N3O2S. The number of fused-ring (bicyclic) bond motifs is 1. The smallest absolute Gasteiger partial charge is 0.266 e. The minimum Gasteiger partial charge on any atom is -0.395 e. The lowest BCUT2D eigenvalue weighted by atomic mass is 10.2. The number of aliphatic hydroxyl groups excluding tert-OH is 1. The van der Waals surface area contributed by atoms with Gasteiger partial charge in [0.2, 0.25) is 0 Å². The monoisotopic (exact) mass is 213 g/mol. The number of nitrogens with zero attached hydrogens (tertiary/aromatic N) is 2. The topological polar surface area (TPSA) is 79.5 Å². The first-order valence-electron chi connectivity index (χ1n) is 4.37. The number of hydrogen-bond acceptors (Lipinski definition) is 5. The maximum atomic E-state index is 11.7. The SMILES string of the molecule is Nc1nc2c(s1)C(=O)N(CCO)CC2. The zero-order valence-corrected chi connectivity index (χ0v) is 8.38. The molecule has 0 atom stereocenters. The normalized spacial score (nSPS) is 15.8. The molecule has 76 valence electrons. The number of β-amino-alcohol motifs (C(OH)–C–C–N with tert-alkyl or cyclic N) is 1. The Morgan fingerprint density at radius 2 is 2.43 bits per heavy atom. The highest BCUT2D eigenvalue weighted by Crippen LogP contribution is 2.25. The van der Waals surface area contributed by atoms with Crippen molar-refractivity contribution in [3.63, 3.8) is 0 Å². The lowest BCUT2D eigenvalue weighted by Crippen LogP contribution is -2.38. The maximum absolute atomic E-state index is 11.7. The number of nitrogen functional groups attached to an aromatic ring is 1. The molecule has 1 aliphatic heterocycles. The summed E-state index contributed by atoms with van der Waals surface area (Å²) in [6.07, 6.45) is 0.731. The Morgan fingerprint density at radius 3 is 3.14 bits per heavy atom. The van der Waals surface area contributed by atoms with Crippen LogP contribution in [0.3, 0.4) is 0 Å². The molecule has 14 heavy (non-hydrogen) atoms. The first kappa shape index (κ1) is 9.42. The highest BCUT2D eigenvalue weighted by Gasteiger charge is 2.27. The summed E-state index contributed by atoms with van der Waals surface area (Å²) in [5.41, 5.74) is 6.33. The summed E-state index contributed by atoms with van der Waals surface area (Å²) >= 11 is 1.22. The summed E-state index contributed by atoms with van der Waals surface area (Å²) in [6, 6.07) is 0. The van der Waals surface area contributed by atoms with E-state index < -0.39 is 0 Å². The summed E-state index contributed by atoms with van der Waals surface area (Å²) in [6.45, 7) is 1.00. The van der Waals surface area contributed by atoms with E-state index in [9.17, 15) is 4.79 Å². The zero-order chi connectivity index (χ0) is 10.1. The number of amides is 1. The average Bonchev–Trinajstić information content (AvgIpc) is 2.52. The van der Waals surface area contributed by atoms with Gasteiger partial charge in [0.1, 0.15) is 4.88 Å². The standard InChI is InChI=1S/C8H11N3O2S/c9-8-10-5-1-2-11(3-4-12)7(13)6(5)14-8/h12H,1-4H2,(H2,9,10). The largest absolute Gasteiger partial charge is 0.395 e. The molecule has 0 aliphatic carbocycles. The molecule has 0 spiro atoms. The number of nitrogens with two attached hydrogens (primary N) is 1. The molecule has 0 unspecified atom stereocenters. The Morgan fingerprint density at radius 1 is 1.64 bits per heavy atom. The summed E-state index contributed by atoms with van der Waals surface area (Å²) in [5, 5.41) is 9.20. The van der Waals surface area contributed by atoms with Crippen LogP contribution in [0.25, 0.3) is 0 Å². The fraction of sp³-hybridized carbons (Fsp3) is 0.500. The van der Waals surface area contributed by atoms with Crippen molar-refractivity contribution in [3.05, 3.63) is 10.6 Å². The van der Waals surface area contributed by atoms with Crippen molar-refractivity contribution in [1.82, 2.24) is 9.88 Å². The van der Waals surface area contributed by atoms with Gasteiger partial charge < -0.3 is 15.7 Å². The third kappa shape index (κ3) is 1.46. The minimum atomic E-state index is -0.0606. The van der Waals surface area contributed by atoms with E-state index >= 15 is 0 Å². The molecule has 0 bridgehead atoms. The molecule has 1 aliphatic rings. The number of aliphatic hydroxyl groups is 1. The van der Waals surface area contributed by atoms with Crippen molar-refractivity contribution >= 4 is 22.4 Å². The second-order valence-electron chi connectivity index (χ2n) is 3.09. The summed E-state index contributed by atoms with van der Waals surface area (Å²) in [7, 11) is 0. The number of thiazole rings is 1. The highest BCUT2D eigenvalue weighted by atomic mass is 32.1. The first-order chi connectivity index (χ1) is 6.72. The summed E-state index contributed by atoms with van der Waals surface area (Å²) in [4.78, 5) is 18.1. The summed E-state index contributed by atoms with van der Waals surface area (Å²) in [5.74, 6) is -0.0606. The van der Waals surface area contributed by atoms with Crippen LogP contribution in [0.4, 0.5) is 5.13 Å². The molecule has 1 aromatic rings. The number of carbonyl (C=O) groups is 1. The molecule has 1 aromatic heterocycles. The van der Waals surface area contributed by atoms with E-state index in [-0.39, 0.29) is 12.5 Å². The molecule has 5 nitrogen and oxygen atoms in total. The van der Waals surface area contributed by atoms with Gasteiger partial charge in [0.05, 0.1) is 12.3 Å². The lowest BCUT2D eigenvalue weighted by Gasteiger charge is -2.24. The molecule has 1 amide bonds. The highest BCUT2D eigenvalue weighted by molar-refractivity contribution is 7.17. The van der Waals surface area contributed by atoms with Crippen molar-refractivity contribution in [3.8, 4) is 0 Å². The third-order valence-corrected chi connectivity index (χ3v) is 3.10. The van der Waals surface area contributed by atoms with Gasteiger partial charge in [0.15, 0.2) is 5.13 Å². The fourth-order valence-corrected chi connectivity index (χ4v) is 2.37. The Kier molecular flexibility index (Phi) is 2.39. The molecule has 6 heteroatoms. The van der Waals surface area contributed by atoms with Gasteiger partial charge in [-0.15, -0.1) is 0 Å².